The van der Waals surface area contributed by atoms with Crippen LogP contribution in [0.1, 0.15) is 10.4 Å². The normalized spacial score (nSPS) is 14.0. The molecule has 0 atom stereocenters. The molecule has 0 spiro atoms. The average Bonchev–Trinajstić information content (AvgIpc) is 2.73. The van der Waals surface area contributed by atoms with Crippen LogP contribution in [0.4, 0.5) is 11.4 Å². The van der Waals surface area contributed by atoms with Gasteiger partial charge in [-0.1, -0.05) is 0 Å². The van der Waals surface area contributed by atoms with E-state index in [-0.39, 0.29) is 17.2 Å². The number of nitro benzene ring substituents is 1. The van der Waals surface area contributed by atoms with Gasteiger partial charge in [-0.05, 0) is 30.3 Å². The van der Waals surface area contributed by atoms with Crippen LogP contribution in [0.15, 0.2) is 42.5 Å². The van der Waals surface area contributed by atoms with E-state index in [0.717, 1.165) is 11.4 Å². The monoisotopic (exact) mass is 371 g/mol. The topological polar surface area (TPSA) is 85.2 Å². The summed E-state index contributed by atoms with van der Waals surface area (Å²) in [6.45, 7) is 2.40. The molecule has 1 heterocycles. The molecule has 1 amide bonds. The van der Waals surface area contributed by atoms with Gasteiger partial charge in [-0.2, -0.15) is 0 Å². The van der Waals surface area contributed by atoms with Crippen LogP contribution in [-0.2, 0) is 0 Å². The molecule has 2 aromatic rings. The van der Waals surface area contributed by atoms with Gasteiger partial charge in [0, 0.05) is 44.0 Å². The van der Waals surface area contributed by atoms with Crippen molar-refractivity contribution in [1.29, 1.82) is 0 Å². The summed E-state index contributed by atoms with van der Waals surface area (Å²) in [6.07, 6.45) is 0. The van der Waals surface area contributed by atoms with Crippen LogP contribution >= 0.6 is 0 Å². The Balaban J connectivity index is 1.71. The van der Waals surface area contributed by atoms with Crippen LogP contribution in [0.25, 0.3) is 0 Å². The Kier molecular flexibility index (Phi) is 5.44. The van der Waals surface area contributed by atoms with Crippen molar-refractivity contribution in [3.05, 3.63) is 58.1 Å². The van der Waals surface area contributed by atoms with Gasteiger partial charge in [-0.15, -0.1) is 0 Å². The van der Waals surface area contributed by atoms with Crippen molar-refractivity contribution in [2.24, 2.45) is 0 Å². The zero-order valence-electron chi connectivity index (χ0n) is 15.3. The van der Waals surface area contributed by atoms with E-state index >= 15 is 0 Å². The van der Waals surface area contributed by atoms with Gasteiger partial charge in [0.1, 0.15) is 11.5 Å². The number of ether oxygens (including phenoxy) is 2. The number of non-ortho nitro benzene ring substituents is 1. The van der Waals surface area contributed by atoms with Crippen LogP contribution in [-0.4, -0.2) is 56.1 Å². The molecule has 142 valence electrons. The minimum Gasteiger partial charge on any atom is -0.497 e. The highest BCUT2D eigenvalue weighted by Gasteiger charge is 2.26. The molecule has 0 aliphatic carbocycles. The number of hydrogen-bond donors (Lipinski definition) is 0. The van der Waals surface area contributed by atoms with E-state index in [4.69, 9.17) is 9.47 Å². The van der Waals surface area contributed by atoms with Crippen LogP contribution in [0.3, 0.4) is 0 Å². The summed E-state index contributed by atoms with van der Waals surface area (Å²) in [5, 5.41) is 11.0. The first-order valence-corrected chi connectivity index (χ1v) is 8.54. The van der Waals surface area contributed by atoms with Gasteiger partial charge < -0.3 is 19.3 Å². The second kappa shape index (κ2) is 7.94. The number of piperazine rings is 1. The first kappa shape index (κ1) is 18.5. The Labute approximate surface area is 157 Å². The lowest BCUT2D eigenvalue weighted by Gasteiger charge is -2.36. The molecule has 0 saturated carbocycles. The number of rotatable bonds is 5. The fourth-order valence-corrected chi connectivity index (χ4v) is 3.11. The Bertz CT molecular complexity index is 830. The molecule has 1 aliphatic heterocycles. The van der Waals surface area contributed by atoms with E-state index in [2.05, 4.69) is 4.90 Å². The Morgan fingerprint density at radius 2 is 1.67 bits per heavy atom. The number of nitrogens with zero attached hydrogens (tertiary/aromatic N) is 3. The van der Waals surface area contributed by atoms with Crippen LogP contribution in [0.2, 0.25) is 0 Å². The van der Waals surface area contributed by atoms with E-state index in [1.807, 2.05) is 24.3 Å². The van der Waals surface area contributed by atoms with E-state index in [1.165, 1.54) is 25.3 Å². The van der Waals surface area contributed by atoms with E-state index in [1.54, 1.807) is 12.0 Å². The maximum atomic E-state index is 12.9. The van der Waals surface area contributed by atoms with Gasteiger partial charge in [0.25, 0.3) is 11.6 Å². The van der Waals surface area contributed by atoms with Crippen LogP contribution < -0.4 is 14.4 Å². The van der Waals surface area contributed by atoms with Gasteiger partial charge in [0.2, 0.25) is 0 Å². The molecular formula is C19H21N3O5. The van der Waals surface area contributed by atoms with Crippen molar-refractivity contribution in [3.63, 3.8) is 0 Å². The zero-order valence-corrected chi connectivity index (χ0v) is 15.3. The van der Waals surface area contributed by atoms with Gasteiger partial charge in [-0.3, -0.25) is 14.9 Å². The number of methoxy groups -OCH3 is 2. The smallest absolute Gasteiger partial charge is 0.270 e. The lowest BCUT2D eigenvalue weighted by Crippen LogP contribution is -2.48. The minimum absolute atomic E-state index is 0.129. The highest BCUT2D eigenvalue weighted by atomic mass is 16.6. The third-order valence-electron chi connectivity index (χ3n) is 4.63. The summed E-state index contributed by atoms with van der Waals surface area (Å²) in [5.41, 5.74) is 1.15. The molecule has 0 bridgehead atoms. The van der Waals surface area contributed by atoms with Crippen LogP contribution in [0, 0.1) is 10.1 Å². The molecular weight excluding hydrogens is 350 g/mol. The Morgan fingerprint density at radius 1 is 1.00 bits per heavy atom. The molecule has 8 nitrogen and oxygen atoms in total. The molecule has 1 saturated heterocycles. The summed E-state index contributed by atoms with van der Waals surface area (Å²) in [7, 11) is 3.07. The molecule has 2 aromatic carbocycles. The second-order valence-corrected chi connectivity index (χ2v) is 6.12. The molecule has 0 aromatic heterocycles. The van der Waals surface area contributed by atoms with E-state index < -0.39 is 4.92 Å². The van der Waals surface area contributed by atoms with Crippen molar-refractivity contribution in [2.75, 3.05) is 45.3 Å². The highest BCUT2D eigenvalue weighted by molar-refractivity contribution is 5.97. The fourth-order valence-electron chi connectivity index (χ4n) is 3.11. The van der Waals surface area contributed by atoms with E-state index in [0.29, 0.717) is 31.9 Å². The second-order valence-electron chi connectivity index (χ2n) is 6.12. The van der Waals surface area contributed by atoms with Crippen molar-refractivity contribution < 1.29 is 19.2 Å². The van der Waals surface area contributed by atoms with Gasteiger partial charge in [0.15, 0.2) is 0 Å². The van der Waals surface area contributed by atoms with Crippen molar-refractivity contribution in [2.45, 2.75) is 0 Å². The SMILES string of the molecule is COc1ccc(N2CCN(C(=O)c3cc([N+](=O)[O-])ccc3OC)CC2)cc1. The summed E-state index contributed by atoms with van der Waals surface area (Å²) in [6, 6.07) is 11.8. The first-order chi connectivity index (χ1) is 13.0. The molecule has 27 heavy (non-hydrogen) atoms. The third-order valence-corrected chi connectivity index (χ3v) is 4.63. The van der Waals surface area contributed by atoms with Crippen molar-refractivity contribution in [3.8, 4) is 11.5 Å². The van der Waals surface area contributed by atoms with Gasteiger partial charge in [-0.25, -0.2) is 0 Å². The summed E-state index contributed by atoms with van der Waals surface area (Å²) in [4.78, 5) is 27.3. The minimum atomic E-state index is -0.516. The predicted octanol–water partition coefficient (Wildman–Crippen LogP) is 2.57. The predicted molar refractivity (Wildman–Crippen MR) is 101 cm³/mol. The fraction of sp³-hybridized carbons (Fsp3) is 0.316. The molecule has 1 fully saturated rings. The van der Waals surface area contributed by atoms with E-state index in [9.17, 15) is 14.9 Å². The lowest BCUT2D eigenvalue weighted by atomic mass is 10.1. The summed E-state index contributed by atoms with van der Waals surface area (Å²) < 4.78 is 10.4. The summed E-state index contributed by atoms with van der Waals surface area (Å²) in [5.74, 6) is 0.874. The van der Waals surface area contributed by atoms with Gasteiger partial charge in [0.05, 0.1) is 24.7 Å². The summed E-state index contributed by atoms with van der Waals surface area (Å²) >= 11 is 0. The van der Waals surface area contributed by atoms with Crippen molar-refractivity contribution in [1.82, 2.24) is 4.90 Å². The number of benzene rings is 2. The molecule has 3 rings (SSSR count). The lowest BCUT2D eigenvalue weighted by molar-refractivity contribution is -0.384. The Hall–Kier alpha value is -3.29. The number of amides is 1. The number of carbonyl (C=O) groups is 1. The first-order valence-electron chi connectivity index (χ1n) is 8.54. The van der Waals surface area contributed by atoms with Gasteiger partial charge >= 0.3 is 0 Å². The number of anilines is 1. The maximum Gasteiger partial charge on any atom is 0.270 e. The Morgan fingerprint density at radius 3 is 2.22 bits per heavy atom. The molecule has 0 N–H and O–H groups in total. The largest absolute Gasteiger partial charge is 0.497 e. The molecule has 0 radical (unpaired) electrons. The van der Waals surface area contributed by atoms with Crippen LogP contribution in [0.5, 0.6) is 11.5 Å². The zero-order chi connectivity index (χ0) is 19.4. The standard InChI is InChI=1S/C19H21N3O5/c1-26-16-6-3-14(4-7-16)20-9-11-21(12-10-20)19(23)17-13-15(22(24)25)5-8-18(17)27-2/h3-8,13H,9-12H2,1-2H3. The molecule has 1 aliphatic rings. The maximum absolute atomic E-state index is 12.9. The quantitative estimate of drug-likeness (QED) is 0.593. The van der Waals surface area contributed by atoms with Crippen molar-refractivity contribution >= 4 is 17.3 Å². The molecule has 8 heteroatoms. The number of nitro groups is 1. The molecule has 0 unspecified atom stereocenters. The number of hydrogen-bond acceptors (Lipinski definition) is 6. The number of carbonyl (C=O) groups excluding carboxylic acids is 1. The average molecular weight is 371 g/mol. The third kappa shape index (κ3) is 3.94. The highest BCUT2D eigenvalue weighted by Crippen LogP contribution is 2.26.